The van der Waals surface area contributed by atoms with Crippen LogP contribution in [0.1, 0.15) is 23.2 Å². The van der Waals surface area contributed by atoms with Crippen LogP contribution >= 0.6 is 0 Å². The molecule has 2 aromatic rings. The molecule has 0 unspecified atom stereocenters. The lowest BCUT2D eigenvalue weighted by atomic mass is 9.78. The topological polar surface area (TPSA) is 135 Å². The van der Waals surface area contributed by atoms with Gasteiger partial charge in [0.05, 0.1) is 42.8 Å². The number of methoxy groups -OCH3 is 1. The molecule has 1 saturated carbocycles. The minimum atomic E-state index is -0.458. The monoisotopic (exact) mass is 466 g/mol. The molecule has 0 aromatic carbocycles. The Balaban J connectivity index is 1.43. The number of ketones is 1. The zero-order chi connectivity index (χ0) is 23.9. The van der Waals surface area contributed by atoms with Crippen molar-refractivity contribution in [1.29, 1.82) is 0 Å². The van der Waals surface area contributed by atoms with Crippen molar-refractivity contribution in [1.82, 2.24) is 15.3 Å². The first-order chi connectivity index (χ1) is 16.4. The molecule has 1 aliphatic carbocycles. The molecule has 0 radical (unpaired) electrons. The molecular weight excluding hydrogens is 440 g/mol. The average Bonchev–Trinajstić information content (AvgIpc) is 3.59. The van der Waals surface area contributed by atoms with Gasteiger partial charge in [0.25, 0.3) is 5.91 Å². The molecule has 2 amide bonds. The first-order valence-electron chi connectivity index (χ1n) is 11.1. The lowest BCUT2D eigenvalue weighted by Crippen LogP contribution is -2.60. The smallest absolute Gasteiger partial charge is 0.254 e. The van der Waals surface area contributed by atoms with E-state index >= 15 is 0 Å². The van der Waals surface area contributed by atoms with E-state index in [-0.39, 0.29) is 30.1 Å². The Labute approximate surface area is 196 Å². The highest BCUT2D eigenvalue weighted by Gasteiger charge is 2.53. The van der Waals surface area contributed by atoms with Crippen LogP contribution in [-0.2, 0) is 14.3 Å². The van der Waals surface area contributed by atoms with E-state index in [9.17, 15) is 14.4 Å². The maximum absolute atomic E-state index is 12.5. The summed E-state index contributed by atoms with van der Waals surface area (Å²) < 4.78 is 11.1. The minimum Gasteiger partial charge on any atom is -0.492 e. The zero-order valence-electron chi connectivity index (χ0n) is 19.0. The maximum atomic E-state index is 12.5. The van der Waals surface area contributed by atoms with Crippen LogP contribution < -0.4 is 25.6 Å². The van der Waals surface area contributed by atoms with Crippen LogP contribution in [0, 0.1) is 11.3 Å². The number of carbonyl (C=O) groups excluding carboxylic acids is 3. The summed E-state index contributed by atoms with van der Waals surface area (Å²) in [5.41, 5.74) is 1.55. The predicted octanol–water partition coefficient (Wildman–Crippen LogP) is 1.34. The third kappa shape index (κ3) is 3.92. The number of hydrogen-bond acceptors (Lipinski definition) is 9. The van der Waals surface area contributed by atoms with Gasteiger partial charge in [-0.25, -0.2) is 4.98 Å². The fourth-order valence-electron chi connectivity index (χ4n) is 4.32. The highest BCUT2D eigenvalue weighted by molar-refractivity contribution is 6.01. The van der Waals surface area contributed by atoms with Crippen LogP contribution in [0.25, 0.3) is 0 Å². The SMILES string of the molecule is CNC(=O)c1cnc(NC(=O)C2CC2)cc1Nc1cncc(N2CC3(COCC3=O)C2)c1OC. The number of carbonyl (C=O) groups is 3. The Morgan fingerprint density at radius 1 is 1.21 bits per heavy atom. The first-order valence-corrected chi connectivity index (χ1v) is 11.1. The Bertz CT molecular complexity index is 1160. The van der Waals surface area contributed by atoms with E-state index in [1.54, 1.807) is 25.6 Å². The molecule has 178 valence electrons. The fourth-order valence-corrected chi connectivity index (χ4v) is 4.32. The number of pyridine rings is 2. The number of anilines is 4. The summed E-state index contributed by atoms with van der Waals surface area (Å²) in [6.07, 6.45) is 6.44. The summed E-state index contributed by atoms with van der Waals surface area (Å²) >= 11 is 0. The molecule has 1 spiro atoms. The highest BCUT2D eigenvalue weighted by atomic mass is 16.5. The van der Waals surface area contributed by atoms with Gasteiger partial charge in [-0.05, 0) is 12.8 Å². The normalized spacial score (nSPS) is 18.4. The second kappa shape index (κ2) is 8.56. The molecule has 2 aliphatic heterocycles. The lowest BCUT2D eigenvalue weighted by molar-refractivity contribution is -0.125. The van der Waals surface area contributed by atoms with E-state index in [0.29, 0.717) is 48.2 Å². The molecular formula is C23H26N6O5. The quantitative estimate of drug-likeness (QED) is 0.552. The van der Waals surface area contributed by atoms with Gasteiger partial charge in [0.15, 0.2) is 11.5 Å². The summed E-state index contributed by atoms with van der Waals surface area (Å²) in [6.45, 7) is 1.65. The third-order valence-electron chi connectivity index (χ3n) is 6.46. The highest BCUT2D eigenvalue weighted by Crippen LogP contribution is 2.44. The summed E-state index contributed by atoms with van der Waals surface area (Å²) in [7, 11) is 3.09. The molecule has 2 saturated heterocycles. The van der Waals surface area contributed by atoms with Crippen LogP contribution in [-0.4, -0.2) is 68.0 Å². The summed E-state index contributed by atoms with van der Waals surface area (Å²) in [5, 5.41) is 8.62. The fraction of sp³-hybridized carbons (Fsp3) is 0.435. The van der Waals surface area contributed by atoms with Gasteiger partial charge in [0.1, 0.15) is 23.8 Å². The number of ether oxygens (including phenoxy) is 2. The second-order valence-electron chi connectivity index (χ2n) is 8.87. The van der Waals surface area contributed by atoms with Crippen LogP contribution in [0.4, 0.5) is 22.9 Å². The van der Waals surface area contributed by atoms with Gasteiger partial charge in [-0.3, -0.25) is 19.4 Å². The van der Waals surface area contributed by atoms with E-state index in [2.05, 4.69) is 25.9 Å². The van der Waals surface area contributed by atoms with Crippen molar-refractivity contribution in [2.24, 2.45) is 11.3 Å². The molecule has 2 aromatic heterocycles. The molecule has 3 N–H and O–H groups in total. The number of aromatic nitrogens is 2. The maximum Gasteiger partial charge on any atom is 0.254 e. The Kier molecular flexibility index (Phi) is 5.56. The molecule has 3 fully saturated rings. The van der Waals surface area contributed by atoms with Crippen molar-refractivity contribution in [2.75, 3.05) is 56.0 Å². The van der Waals surface area contributed by atoms with Gasteiger partial charge in [0, 0.05) is 38.3 Å². The molecule has 11 nitrogen and oxygen atoms in total. The van der Waals surface area contributed by atoms with Gasteiger partial charge in [-0.1, -0.05) is 0 Å². The Morgan fingerprint density at radius 2 is 2.00 bits per heavy atom. The molecule has 4 heterocycles. The molecule has 11 heteroatoms. The van der Waals surface area contributed by atoms with Gasteiger partial charge in [0.2, 0.25) is 5.91 Å². The van der Waals surface area contributed by atoms with E-state index in [4.69, 9.17) is 9.47 Å². The number of nitrogens with zero attached hydrogens (tertiary/aromatic N) is 3. The Morgan fingerprint density at radius 3 is 2.65 bits per heavy atom. The van der Waals surface area contributed by atoms with Crippen molar-refractivity contribution in [2.45, 2.75) is 12.8 Å². The lowest BCUT2D eigenvalue weighted by Gasteiger charge is -2.47. The standard InChI is InChI=1S/C23H26N6O5/c1-24-22(32)14-6-26-19(28-21(31)13-3-4-13)5-15(14)27-16-7-25-8-17(20(16)33-2)29-10-23(11-29)12-34-9-18(23)30/h5-8,13H,3-4,9-12H2,1-2H3,(H,24,32)(H2,26,27,28,31). The number of hydrogen-bond donors (Lipinski definition) is 3. The molecule has 5 rings (SSSR count). The number of amides is 2. The van der Waals surface area contributed by atoms with Crippen LogP contribution in [0.15, 0.2) is 24.7 Å². The van der Waals surface area contributed by atoms with Gasteiger partial charge >= 0.3 is 0 Å². The van der Waals surface area contributed by atoms with Crippen molar-refractivity contribution >= 4 is 40.5 Å². The summed E-state index contributed by atoms with van der Waals surface area (Å²) in [4.78, 5) is 47.5. The average molecular weight is 466 g/mol. The first kappa shape index (κ1) is 22.1. The molecule has 0 bridgehead atoms. The molecule has 3 aliphatic rings. The number of nitrogens with one attached hydrogen (secondary N) is 3. The van der Waals surface area contributed by atoms with Crippen LogP contribution in [0.5, 0.6) is 5.75 Å². The van der Waals surface area contributed by atoms with E-state index in [0.717, 1.165) is 18.5 Å². The van der Waals surface area contributed by atoms with Crippen molar-refractivity contribution < 1.29 is 23.9 Å². The molecule has 0 atom stereocenters. The van der Waals surface area contributed by atoms with Gasteiger partial charge in [-0.2, -0.15) is 0 Å². The van der Waals surface area contributed by atoms with Crippen molar-refractivity contribution in [3.63, 3.8) is 0 Å². The summed E-state index contributed by atoms with van der Waals surface area (Å²) in [5.74, 6) is 0.610. The zero-order valence-corrected chi connectivity index (χ0v) is 19.0. The van der Waals surface area contributed by atoms with Crippen LogP contribution in [0.2, 0.25) is 0 Å². The minimum absolute atomic E-state index is 0.0229. The largest absolute Gasteiger partial charge is 0.492 e. The van der Waals surface area contributed by atoms with Crippen LogP contribution in [0.3, 0.4) is 0 Å². The van der Waals surface area contributed by atoms with E-state index in [1.165, 1.54) is 13.2 Å². The van der Waals surface area contributed by atoms with E-state index in [1.807, 2.05) is 4.90 Å². The number of Topliss-reactive ketones (excluding diaryl/α,β-unsaturated/α-hetero) is 1. The summed E-state index contributed by atoms with van der Waals surface area (Å²) in [6, 6.07) is 1.62. The van der Waals surface area contributed by atoms with Gasteiger partial charge < -0.3 is 30.3 Å². The molecule has 34 heavy (non-hydrogen) atoms. The second-order valence-corrected chi connectivity index (χ2v) is 8.87. The Hall–Kier alpha value is -3.73. The van der Waals surface area contributed by atoms with E-state index < -0.39 is 5.41 Å². The van der Waals surface area contributed by atoms with Gasteiger partial charge in [-0.15, -0.1) is 0 Å². The van der Waals surface area contributed by atoms with Crippen molar-refractivity contribution in [3.8, 4) is 5.75 Å². The van der Waals surface area contributed by atoms with Crippen molar-refractivity contribution in [3.05, 3.63) is 30.2 Å². The third-order valence-corrected chi connectivity index (χ3v) is 6.46. The number of rotatable bonds is 7. The predicted molar refractivity (Wildman–Crippen MR) is 124 cm³/mol.